The Bertz CT molecular complexity index is 615. The number of aromatic nitrogens is 3. The largest absolute Gasteiger partial charge is 0.465 e. The zero-order valence-corrected chi connectivity index (χ0v) is 10.5. The van der Waals surface area contributed by atoms with Crippen LogP contribution in [0.15, 0.2) is 12.3 Å². The van der Waals surface area contributed by atoms with Crippen molar-refractivity contribution in [3.05, 3.63) is 22.6 Å². The minimum Gasteiger partial charge on any atom is -0.465 e. The number of carbonyl (C=O) groups is 1. The second-order valence-corrected chi connectivity index (χ2v) is 4.03. The normalized spacial score (nSPS) is 10.7. The molecule has 0 aliphatic carbocycles. The van der Waals surface area contributed by atoms with E-state index in [0.29, 0.717) is 17.0 Å². The minimum atomic E-state index is -0.312. The number of esters is 1. The van der Waals surface area contributed by atoms with Gasteiger partial charge in [-0.25, -0.2) is 4.98 Å². The van der Waals surface area contributed by atoms with Crippen LogP contribution < -0.4 is 0 Å². The van der Waals surface area contributed by atoms with Crippen molar-refractivity contribution in [2.75, 3.05) is 6.61 Å². The van der Waals surface area contributed by atoms with E-state index >= 15 is 0 Å². The van der Waals surface area contributed by atoms with E-state index in [9.17, 15) is 4.79 Å². The quantitative estimate of drug-likeness (QED) is 0.669. The second kappa shape index (κ2) is 4.67. The van der Waals surface area contributed by atoms with Gasteiger partial charge in [-0.1, -0.05) is 0 Å². The predicted octanol–water partition coefficient (Wildman–Crippen LogP) is 1.97. The van der Waals surface area contributed by atoms with Crippen molar-refractivity contribution >= 4 is 29.4 Å². The topological polar surface area (TPSA) is 59.9 Å². The molecule has 0 saturated carbocycles. The van der Waals surface area contributed by atoms with Crippen molar-refractivity contribution in [2.45, 2.75) is 20.4 Å². The molecular weight excluding hydrogens is 238 g/mol. The average molecular weight is 251 g/mol. The van der Waals surface area contributed by atoms with Crippen molar-refractivity contribution in [3.63, 3.8) is 0 Å². The van der Waals surface area contributed by atoms with E-state index in [1.54, 1.807) is 17.7 Å². The third-order valence-corrected chi connectivity index (χ3v) is 2.79. The molecule has 0 aliphatic heterocycles. The molecule has 0 unspecified atom stereocenters. The summed E-state index contributed by atoms with van der Waals surface area (Å²) in [6.45, 7) is 4.18. The minimum absolute atomic E-state index is 0.0864. The van der Waals surface area contributed by atoms with Gasteiger partial charge in [0.05, 0.1) is 12.1 Å². The van der Waals surface area contributed by atoms with Gasteiger partial charge in [-0.2, -0.15) is 0 Å². The molecule has 1 N–H and O–H groups in total. The van der Waals surface area contributed by atoms with Crippen molar-refractivity contribution in [1.82, 2.24) is 14.5 Å². The Labute approximate surface area is 103 Å². The molecule has 2 rings (SSSR count). The van der Waals surface area contributed by atoms with Gasteiger partial charge < -0.3 is 9.72 Å². The van der Waals surface area contributed by atoms with Crippen molar-refractivity contribution in [2.24, 2.45) is 0 Å². The number of aromatic amines is 1. The highest BCUT2D eigenvalue weighted by Gasteiger charge is 2.11. The molecular formula is C11H13N3O2S. The van der Waals surface area contributed by atoms with Crippen LogP contribution in [0.2, 0.25) is 0 Å². The molecule has 0 atom stereocenters. The molecule has 0 aromatic carbocycles. The molecule has 0 amide bonds. The molecule has 0 aliphatic rings. The van der Waals surface area contributed by atoms with Crippen LogP contribution in [-0.2, 0) is 16.1 Å². The van der Waals surface area contributed by atoms with Crippen LogP contribution >= 0.6 is 12.2 Å². The molecule has 0 saturated heterocycles. The van der Waals surface area contributed by atoms with Crippen LogP contribution in [0.1, 0.15) is 12.5 Å². The molecule has 5 nitrogen and oxygen atoms in total. The molecule has 0 bridgehead atoms. The lowest BCUT2D eigenvalue weighted by molar-refractivity contribution is -0.143. The van der Waals surface area contributed by atoms with Gasteiger partial charge in [0.15, 0.2) is 10.4 Å². The molecule has 2 heterocycles. The Morgan fingerprint density at radius 2 is 2.41 bits per heavy atom. The summed E-state index contributed by atoms with van der Waals surface area (Å²) >= 11 is 5.17. The first kappa shape index (κ1) is 11.8. The number of ether oxygens (including phenoxy) is 1. The Hall–Kier alpha value is -1.69. The summed E-state index contributed by atoms with van der Waals surface area (Å²) in [5, 5.41) is 0. The molecule has 0 spiro atoms. The van der Waals surface area contributed by atoms with E-state index in [1.165, 1.54) is 0 Å². The van der Waals surface area contributed by atoms with Crippen molar-refractivity contribution in [1.29, 1.82) is 0 Å². The number of nitrogens with zero attached hydrogens (tertiary/aromatic N) is 2. The van der Waals surface area contributed by atoms with Crippen LogP contribution in [0.5, 0.6) is 0 Å². The van der Waals surface area contributed by atoms with E-state index < -0.39 is 0 Å². The number of rotatable bonds is 3. The van der Waals surface area contributed by atoms with Gasteiger partial charge in [0.2, 0.25) is 0 Å². The van der Waals surface area contributed by atoms with Gasteiger partial charge >= 0.3 is 5.97 Å². The Morgan fingerprint density at radius 3 is 3.12 bits per heavy atom. The average Bonchev–Trinajstić information content (AvgIpc) is 2.58. The fourth-order valence-corrected chi connectivity index (χ4v) is 1.91. The zero-order valence-electron chi connectivity index (χ0n) is 9.69. The number of imidazole rings is 1. The van der Waals surface area contributed by atoms with Gasteiger partial charge in [-0.15, -0.1) is 0 Å². The van der Waals surface area contributed by atoms with Gasteiger partial charge in [0.25, 0.3) is 0 Å². The van der Waals surface area contributed by atoms with E-state index in [2.05, 4.69) is 9.97 Å². The lowest BCUT2D eigenvalue weighted by Crippen LogP contribution is -2.13. The molecule has 2 aromatic rings. The number of carbonyl (C=O) groups excluding carboxylic acids is 1. The highest BCUT2D eigenvalue weighted by Crippen LogP contribution is 2.15. The summed E-state index contributed by atoms with van der Waals surface area (Å²) < 4.78 is 7.03. The monoisotopic (exact) mass is 251 g/mol. The lowest BCUT2D eigenvalue weighted by Gasteiger charge is -2.03. The molecule has 0 fully saturated rings. The Kier molecular flexibility index (Phi) is 3.23. The fourth-order valence-electron chi connectivity index (χ4n) is 1.66. The van der Waals surface area contributed by atoms with E-state index in [4.69, 9.17) is 17.0 Å². The number of nitrogens with one attached hydrogen (secondary N) is 1. The molecule has 2 aromatic heterocycles. The van der Waals surface area contributed by atoms with E-state index in [0.717, 1.165) is 11.1 Å². The van der Waals surface area contributed by atoms with E-state index in [1.807, 2.05) is 13.0 Å². The van der Waals surface area contributed by atoms with Crippen molar-refractivity contribution in [3.8, 4) is 0 Å². The number of aryl methyl sites for hydroxylation is 1. The maximum Gasteiger partial charge on any atom is 0.326 e. The maximum atomic E-state index is 11.5. The summed E-state index contributed by atoms with van der Waals surface area (Å²) in [6, 6.07) is 1.89. The van der Waals surface area contributed by atoms with Crippen LogP contribution in [-0.4, -0.2) is 27.1 Å². The summed E-state index contributed by atoms with van der Waals surface area (Å²) in [5.41, 5.74) is 2.59. The maximum absolute atomic E-state index is 11.5. The van der Waals surface area contributed by atoms with Gasteiger partial charge in [-0.3, -0.25) is 9.36 Å². The van der Waals surface area contributed by atoms with Crippen molar-refractivity contribution < 1.29 is 9.53 Å². The third kappa shape index (κ3) is 2.21. The van der Waals surface area contributed by atoms with Gasteiger partial charge in [-0.05, 0) is 37.7 Å². The number of fused-ring (bicyclic) bond motifs is 1. The smallest absolute Gasteiger partial charge is 0.326 e. The number of pyridine rings is 1. The number of hydrogen-bond acceptors (Lipinski definition) is 4. The lowest BCUT2D eigenvalue weighted by atomic mass is 10.3. The standard InChI is InChI=1S/C11H13N3O2S/c1-3-16-8(15)6-14-10-9(13-11(14)17)7(2)4-5-12-10/h4-5H,3,6H2,1-2H3,(H,13,17). The SMILES string of the molecule is CCOC(=O)Cn1c(=S)[nH]c2c(C)ccnc21. The summed E-state index contributed by atoms with van der Waals surface area (Å²) in [4.78, 5) is 18.7. The van der Waals surface area contributed by atoms with Crippen LogP contribution in [0.4, 0.5) is 0 Å². The van der Waals surface area contributed by atoms with E-state index in [-0.39, 0.29) is 12.5 Å². The summed E-state index contributed by atoms with van der Waals surface area (Å²) in [5.74, 6) is -0.312. The van der Waals surface area contributed by atoms with Crippen LogP contribution in [0, 0.1) is 11.7 Å². The second-order valence-electron chi connectivity index (χ2n) is 3.65. The third-order valence-electron chi connectivity index (χ3n) is 2.46. The fraction of sp³-hybridized carbons (Fsp3) is 0.364. The molecule has 0 radical (unpaired) electrons. The van der Waals surface area contributed by atoms with Gasteiger partial charge in [0.1, 0.15) is 6.54 Å². The number of hydrogen-bond donors (Lipinski definition) is 1. The van der Waals surface area contributed by atoms with Crippen LogP contribution in [0.3, 0.4) is 0 Å². The first-order chi connectivity index (χ1) is 8.13. The van der Waals surface area contributed by atoms with Crippen LogP contribution in [0.25, 0.3) is 11.2 Å². The highest BCUT2D eigenvalue weighted by molar-refractivity contribution is 7.71. The first-order valence-electron chi connectivity index (χ1n) is 5.33. The predicted molar refractivity (Wildman–Crippen MR) is 66.3 cm³/mol. The molecule has 90 valence electrons. The van der Waals surface area contributed by atoms with Gasteiger partial charge in [0, 0.05) is 6.20 Å². The highest BCUT2D eigenvalue weighted by atomic mass is 32.1. The first-order valence-corrected chi connectivity index (χ1v) is 5.74. The number of H-pyrrole nitrogens is 1. The molecule has 6 heteroatoms. The Balaban J connectivity index is 2.47. The zero-order chi connectivity index (χ0) is 12.4. The molecule has 17 heavy (non-hydrogen) atoms. The Morgan fingerprint density at radius 1 is 1.65 bits per heavy atom. The summed E-state index contributed by atoms with van der Waals surface area (Å²) in [6.07, 6.45) is 1.70. The summed E-state index contributed by atoms with van der Waals surface area (Å²) in [7, 11) is 0.